The molecule has 1 aromatic carbocycles. The van der Waals surface area contributed by atoms with Crippen LogP contribution in [0.15, 0.2) is 29.6 Å². The zero-order chi connectivity index (χ0) is 14.1. The summed E-state index contributed by atoms with van der Waals surface area (Å²) >= 11 is 8.23. The van der Waals surface area contributed by atoms with Gasteiger partial charge in [0.1, 0.15) is 5.75 Å². The van der Waals surface area contributed by atoms with E-state index in [0.717, 1.165) is 35.8 Å². The third kappa shape index (κ3) is 2.71. The van der Waals surface area contributed by atoms with Crippen LogP contribution in [0, 0.1) is 0 Å². The molecule has 3 rings (SSSR count). The van der Waals surface area contributed by atoms with Crippen LogP contribution < -0.4 is 4.74 Å². The van der Waals surface area contributed by atoms with E-state index in [0.29, 0.717) is 6.04 Å². The molecule has 1 aliphatic heterocycles. The fourth-order valence-corrected chi connectivity index (χ4v) is 3.92. The summed E-state index contributed by atoms with van der Waals surface area (Å²) in [5.41, 5.74) is 2.63. The van der Waals surface area contributed by atoms with Gasteiger partial charge in [0.25, 0.3) is 0 Å². The van der Waals surface area contributed by atoms with Crippen LogP contribution in [-0.2, 0) is 19.5 Å². The zero-order valence-corrected chi connectivity index (χ0v) is 13.3. The van der Waals surface area contributed by atoms with E-state index in [9.17, 15) is 0 Å². The molecule has 4 heteroatoms. The van der Waals surface area contributed by atoms with Crippen LogP contribution in [0.4, 0.5) is 0 Å². The van der Waals surface area contributed by atoms with Crippen molar-refractivity contribution in [3.8, 4) is 5.75 Å². The monoisotopic (exact) mass is 307 g/mol. The van der Waals surface area contributed by atoms with E-state index in [4.69, 9.17) is 16.3 Å². The first kappa shape index (κ1) is 13.9. The molecule has 0 fully saturated rings. The van der Waals surface area contributed by atoms with E-state index < -0.39 is 0 Å². The van der Waals surface area contributed by atoms with Crippen LogP contribution in [0.5, 0.6) is 5.75 Å². The SMILES string of the molecule is COc1ccc(CN2Cc3ccsc3CC2C)c(Cl)c1. The predicted molar refractivity (Wildman–Crippen MR) is 84.7 cm³/mol. The van der Waals surface area contributed by atoms with Crippen molar-refractivity contribution < 1.29 is 4.74 Å². The second kappa shape index (κ2) is 5.76. The molecular formula is C16H18ClNOS. The van der Waals surface area contributed by atoms with Crippen molar-refractivity contribution in [1.29, 1.82) is 0 Å². The molecule has 1 aromatic heterocycles. The summed E-state index contributed by atoms with van der Waals surface area (Å²) in [6.45, 7) is 4.20. The number of nitrogens with zero attached hydrogens (tertiary/aromatic N) is 1. The summed E-state index contributed by atoms with van der Waals surface area (Å²) in [6, 6.07) is 8.73. The molecule has 0 radical (unpaired) electrons. The molecule has 20 heavy (non-hydrogen) atoms. The maximum Gasteiger partial charge on any atom is 0.120 e. The highest BCUT2D eigenvalue weighted by atomic mass is 35.5. The van der Waals surface area contributed by atoms with Gasteiger partial charge in [-0.1, -0.05) is 17.7 Å². The first-order valence-electron chi connectivity index (χ1n) is 6.79. The molecule has 2 nitrogen and oxygen atoms in total. The van der Waals surface area contributed by atoms with Crippen LogP contribution in [-0.4, -0.2) is 18.1 Å². The van der Waals surface area contributed by atoms with Gasteiger partial charge < -0.3 is 4.74 Å². The van der Waals surface area contributed by atoms with Crippen molar-refractivity contribution >= 4 is 22.9 Å². The number of thiophene rings is 1. The first-order valence-corrected chi connectivity index (χ1v) is 8.05. The minimum Gasteiger partial charge on any atom is -0.497 e. The van der Waals surface area contributed by atoms with Gasteiger partial charge in [-0.15, -0.1) is 11.3 Å². The van der Waals surface area contributed by atoms with Crippen LogP contribution in [0.3, 0.4) is 0 Å². The average molecular weight is 308 g/mol. The Hall–Kier alpha value is -1.03. The fourth-order valence-electron chi connectivity index (χ4n) is 2.67. The highest BCUT2D eigenvalue weighted by molar-refractivity contribution is 7.10. The quantitative estimate of drug-likeness (QED) is 0.835. The van der Waals surface area contributed by atoms with Gasteiger partial charge in [-0.2, -0.15) is 0 Å². The number of fused-ring (bicyclic) bond motifs is 1. The van der Waals surface area contributed by atoms with E-state index in [-0.39, 0.29) is 0 Å². The van der Waals surface area contributed by atoms with Crippen LogP contribution in [0.1, 0.15) is 22.9 Å². The Morgan fingerprint density at radius 3 is 3.00 bits per heavy atom. The number of ether oxygens (including phenoxy) is 1. The van der Waals surface area contributed by atoms with Gasteiger partial charge in [0.2, 0.25) is 0 Å². The third-order valence-electron chi connectivity index (χ3n) is 3.95. The molecule has 106 valence electrons. The normalized spacial score (nSPS) is 18.9. The van der Waals surface area contributed by atoms with Crippen molar-refractivity contribution in [2.45, 2.75) is 32.5 Å². The van der Waals surface area contributed by atoms with Gasteiger partial charge in [-0.3, -0.25) is 4.90 Å². The maximum atomic E-state index is 6.35. The molecule has 0 spiro atoms. The average Bonchev–Trinajstić information content (AvgIpc) is 2.88. The van der Waals surface area contributed by atoms with Crippen LogP contribution >= 0.6 is 22.9 Å². The lowest BCUT2D eigenvalue weighted by atomic mass is 10.0. The van der Waals surface area contributed by atoms with Crippen molar-refractivity contribution in [1.82, 2.24) is 4.90 Å². The predicted octanol–water partition coefficient (Wildman–Crippen LogP) is 4.36. The van der Waals surface area contributed by atoms with E-state index >= 15 is 0 Å². The van der Waals surface area contributed by atoms with Crippen molar-refractivity contribution in [2.75, 3.05) is 7.11 Å². The smallest absolute Gasteiger partial charge is 0.120 e. The number of benzene rings is 1. The molecule has 1 unspecified atom stereocenters. The topological polar surface area (TPSA) is 12.5 Å². The molecule has 0 aliphatic carbocycles. The van der Waals surface area contributed by atoms with Gasteiger partial charge in [0.05, 0.1) is 7.11 Å². The summed E-state index contributed by atoms with van der Waals surface area (Å²) in [4.78, 5) is 4.03. The van der Waals surface area contributed by atoms with Gasteiger partial charge in [-0.05, 0) is 48.1 Å². The Labute approximate surface area is 128 Å². The molecule has 0 saturated heterocycles. The Bertz CT molecular complexity index is 610. The first-order chi connectivity index (χ1) is 9.67. The molecule has 2 aromatic rings. The summed E-state index contributed by atoms with van der Waals surface area (Å²) in [7, 11) is 1.66. The molecule has 1 aliphatic rings. The van der Waals surface area contributed by atoms with E-state index in [1.54, 1.807) is 7.11 Å². The van der Waals surface area contributed by atoms with E-state index in [2.05, 4.69) is 29.3 Å². The number of hydrogen-bond acceptors (Lipinski definition) is 3. The Balaban J connectivity index is 1.78. The summed E-state index contributed by atoms with van der Waals surface area (Å²) < 4.78 is 5.20. The summed E-state index contributed by atoms with van der Waals surface area (Å²) in [6.07, 6.45) is 1.14. The number of rotatable bonds is 3. The fraction of sp³-hybridized carbons (Fsp3) is 0.375. The number of hydrogen-bond donors (Lipinski definition) is 0. The molecule has 0 bridgehead atoms. The van der Waals surface area contributed by atoms with Gasteiger partial charge in [0.15, 0.2) is 0 Å². The number of methoxy groups -OCH3 is 1. The van der Waals surface area contributed by atoms with Crippen LogP contribution in [0.25, 0.3) is 0 Å². The minimum absolute atomic E-state index is 0.555. The highest BCUT2D eigenvalue weighted by Gasteiger charge is 2.24. The molecule has 1 atom stereocenters. The van der Waals surface area contributed by atoms with E-state index in [1.165, 1.54) is 10.4 Å². The molecule has 2 heterocycles. The van der Waals surface area contributed by atoms with Crippen molar-refractivity contribution in [3.63, 3.8) is 0 Å². The molecular weight excluding hydrogens is 290 g/mol. The van der Waals surface area contributed by atoms with Crippen LogP contribution in [0.2, 0.25) is 5.02 Å². The highest BCUT2D eigenvalue weighted by Crippen LogP contribution is 2.30. The lowest BCUT2D eigenvalue weighted by Crippen LogP contribution is -2.37. The number of halogens is 1. The van der Waals surface area contributed by atoms with Gasteiger partial charge in [0, 0.05) is 29.0 Å². The minimum atomic E-state index is 0.555. The third-order valence-corrected chi connectivity index (χ3v) is 5.29. The zero-order valence-electron chi connectivity index (χ0n) is 11.7. The standard InChI is InChI=1S/C16H18ClNOS/c1-11-7-16-13(5-6-20-16)10-18(11)9-12-3-4-14(19-2)8-15(12)17/h3-6,8,11H,7,9-10H2,1-2H3. The maximum absolute atomic E-state index is 6.35. The largest absolute Gasteiger partial charge is 0.497 e. The van der Waals surface area contributed by atoms with E-state index in [1.807, 2.05) is 23.5 Å². The lowest BCUT2D eigenvalue weighted by molar-refractivity contribution is 0.177. The van der Waals surface area contributed by atoms with Gasteiger partial charge in [-0.25, -0.2) is 0 Å². The molecule has 0 N–H and O–H groups in total. The van der Waals surface area contributed by atoms with Crippen molar-refractivity contribution in [2.24, 2.45) is 0 Å². The molecule has 0 saturated carbocycles. The van der Waals surface area contributed by atoms with Crippen molar-refractivity contribution in [3.05, 3.63) is 50.7 Å². The second-order valence-corrected chi connectivity index (χ2v) is 6.69. The lowest BCUT2D eigenvalue weighted by Gasteiger charge is -2.33. The Morgan fingerprint density at radius 1 is 1.40 bits per heavy atom. The van der Waals surface area contributed by atoms with Gasteiger partial charge >= 0.3 is 0 Å². The Morgan fingerprint density at radius 2 is 2.25 bits per heavy atom. The molecule has 0 amide bonds. The second-order valence-electron chi connectivity index (χ2n) is 5.28. The summed E-state index contributed by atoms with van der Waals surface area (Å²) in [5.74, 6) is 0.811. The summed E-state index contributed by atoms with van der Waals surface area (Å²) in [5, 5.41) is 2.98. The Kier molecular flexibility index (Phi) is 4.01.